The van der Waals surface area contributed by atoms with Crippen molar-refractivity contribution >= 4 is 12.4 Å². The second kappa shape index (κ2) is 6.68. The van der Waals surface area contributed by atoms with Crippen molar-refractivity contribution in [1.29, 1.82) is 0 Å². The zero-order valence-electron chi connectivity index (χ0n) is 8.49. The normalized spacial score (nSPS) is 9.57. The molecule has 0 amide bonds. The molecular formula is C11H18ClNO. The van der Waals surface area contributed by atoms with Crippen LogP contribution < -0.4 is 5.73 Å². The van der Waals surface area contributed by atoms with Crippen molar-refractivity contribution in [3.05, 3.63) is 29.3 Å². The molecule has 1 aromatic rings. The number of benzene rings is 1. The van der Waals surface area contributed by atoms with E-state index in [4.69, 9.17) is 5.73 Å². The van der Waals surface area contributed by atoms with Gasteiger partial charge in [0.2, 0.25) is 0 Å². The van der Waals surface area contributed by atoms with Gasteiger partial charge in [0, 0.05) is 12.1 Å². The molecule has 0 aliphatic rings. The third-order valence-corrected chi connectivity index (χ3v) is 2.18. The van der Waals surface area contributed by atoms with E-state index in [1.165, 1.54) is 18.4 Å². The average Bonchev–Trinajstić information content (AvgIpc) is 2.16. The molecule has 0 saturated carbocycles. The van der Waals surface area contributed by atoms with E-state index in [-0.39, 0.29) is 12.4 Å². The molecule has 1 rings (SSSR count). The number of hydrogen-bond donors (Lipinski definition) is 2. The van der Waals surface area contributed by atoms with Gasteiger partial charge in [-0.05, 0) is 24.5 Å². The predicted octanol–water partition coefficient (Wildman–Crippen LogP) is 2.62. The van der Waals surface area contributed by atoms with Crippen LogP contribution in [0, 0.1) is 0 Å². The van der Waals surface area contributed by atoms with E-state index in [9.17, 15) is 5.11 Å². The number of phenols is 1. The van der Waals surface area contributed by atoms with Gasteiger partial charge < -0.3 is 10.8 Å². The SMILES string of the molecule is CCCCc1ccc(O)c(CN)c1.Cl. The Morgan fingerprint density at radius 2 is 2.07 bits per heavy atom. The Labute approximate surface area is 91.5 Å². The number of nitrogens with two attached hydrogens (primary N) is 1. The highest BCUT2D eigenvalue weighted by atomic mass is 35.5. The number of unbranched alkanes of at least 4 members (excludes halogenated alkanes) is 1. The fourth-order valence-electron chi connectivity index (χ4n) is 1.34. The first-order valence-electron chi connectivity index (χ1n) is 4.78. The summed E-state index contributed by atoms with van der Waals surface area (Å²) in [6.45, 7) is 2.58. The fraction of sp³-hybridized carbons (Fsp3) is 0.455. The molecule has 1 aromatic carbocycles. The minimum atomic E-state index is 0. The van der Waals surface area contributed by atoms with Gasteiger partial charge in [0.05, 0.1) is 0 Å². The van der Waals surface area contributed by atoms with Crippen molar-refractivity contribution < 1.29 is 5.11 Å². The first-order chi connectivity index (χ1) is 6.27. The zero-order valence-corrected chi connectivity index (χ0v) is 9.31. The third-order valence-electron chi connectivity index (χ3n) is 2.18. The van der Waals surface area contributed by atoms with Gasteiger partial charge >= 0.3 is 0 Å². The van der Waals surface area contributed by atoms with Gasteiger partial charge in [-0.15, -0.1) is 12.4 Å². The number of halogens is 1. The van der Waals surface area contributed by atoms with Gasteiger partial charge in [-0.2, -0.15) is 0 Å². The van der Waals surface area contributed by atoms with E-state index in [0.29, 0.717) is 12.3 Å². The second-order valence-electron chi connectivity index (χ2n) is 3.27. The zero-order chi connectivity index (χ0) is 9.68. The molecule has 0 unspecified atom stereocenters. The maximum Gasteiger partial charge on any atom is 0.120 e. The first kappa shape index (κ1) is 13.3. The molecule has 0 spiro atoms. The van der Waals surface area contributed by atoms with E-state index < -0.39 is 0 Å². The molecule has 80 valence electrons. The maximum atomic E-state index is 9.38. The molecule has 2 nitrogen and oxygen atoms in total. The van der Waals surface area contributed by atoms with Gasteiger partial charge in [0.25, 0.3) is 0 Å². The van der Waals surface area contributed by atoms with Gasteiger partial charge in [0.15, 0.2) is 0 Å². The lowest BCUT2D eigenvalue weighted by Gasteiger charge is -2.05. The lowest BCUT2D eigenvalue weighted by atomic mass is 10.0. The number of hydrogen-bond acceptors (Lipinski definition) is 2. The van der Waals surface area contributed by atoms with Gasteiger partial charge in [0.1, 0.15) is 5.75 Å². The second-order valence-corrected chi connectivity index (χ2v) is 3.27. The molecule has 0 saturated heterocycles. The first-order valence-corrected chi connectivity index (χ1v) is 4.78. The number of phenolic OH excluding ortho intramolecular Hbond substituents is 1. The molecule has 3 N–H and O–H groups in total. The van der Waals surface area contributed by atoms with E-state index in [0.717, 1.165) is 12.0 Å². The minimum Gasteiger partial charge on any atom is -0.508 e. The van der Waals surface area contributed by atoms with Crippen molar-refractivity contribution in [2.75, 3.05) is 0 Å². The smallest absolute Gasteiger partial charge is 0.120 e. The molecule has 0 radical (unpaired) electrons. The van der Waals surface area contributed by atoms with E-state index >= 15 is 0 Å². The Hall–Kier alpha value is -0.730. The molecule has 3 heteroatoms. The molecule has 0 atom stereocenters. The number of aryl methyl sites for hydroxylation is 1. The summed E-state index contributed by atoms with van der Waals surface area (Å²) in [6.07, 6.45) is 3.46. The van der Waals surface area contributed by atoms with Crippen LogP contribution in [-0.4, -0.2) is 5.11 Å². The minimum absolute atomic E-state index is 0. The molecule has 0 heterocycles. The third kappa shape index (κ3) is 3.56. The average molecular weight is 216 g/mol. The summed E-state index contributed by atoms with van der Waals surface area (Å²) in [5.41, 5.74) is 7.59. The summed E-state index contributed by atoms with van der Waals surface area (Å²) in [7, 11) is 0. The number of aromatic hydroxyl groups is 1. The van der Waals surface area contributed by atoms with Gasteiger partial charge in [-0.1, -0.05) is 25.5 Å². The Bertz CT molecular complexity index is 276. The summed E-state index contributed by atoms with van der Waals surface area (Å²) in [4.78, 5) is 0. The summed E-state index contributed by atoms with van der Waals surface area (Å²) < 4.78 is 0. The predicted molar refractivity (Wildman–Crippen MR) is 61.9 cm³/mol. The Morgan fingerprint density at radius 1 is 1.36 bits per heavy atom. The molecule has 0 fully saturated rings. The van der Waals surface area contributed by atoms with Crippen molar-refractivity contribution in [3.8, 4) is 5.75 Å². The summed E-state index contributed by atoms with van der Waals surface area (Å²) in [5.74, 6) is 0.308. The molecular weight excluding hydrogens is 198 g/mol. The van der Waals surface area contributed by atoms with E-state index in [1.807, 2.05) is 12.1 Å². The van der Waals surface area contributed by atoms with Gasteiger partial charge in [-0.25, -0.2) is 0 Å². The Kier molecular flexibility index (Phi) is 6.34. The highest BCUT2D eigenvalue weighted by molar-refractivity contribution is 5.85. The summed E-state index contributed by atoms with van der Waals surface area (Å²) >= 11 is 0. The van der Waals surface area contributed by atoms with Crippen LogP contribution in [0.1, 0.15) is 30.9 Å². The van der Waals surface area contributed by atoms with Gasteiger partial charge in [-0.3, -0.25) is 0 Å². The van der Waals surface area contributed by atoms with Crippen LogP contribution in [0.2, 0.25) is 0 Å². The maximum absolute atomic E-state index is 9.38. The van der Waals surface area contributed by atoms with Crippen molar-refractivity contribution in [1.82, 2.24) is 0 Å². The van der Waals surface area contributed by atoms with E-state index in [1.54, 1.807) is 6.07 Å². The van der Waals surface area contributed by atoms with Crippen LogP contribution in [0.15, 0.2) is 18.2 Å². The quantitative estimate of drug-likeness (QED) is 0.811. The molecule has 0 aromatic heterocycles. The van der Waals surface area contributed by atoms with Crippen LogP contribution in [0.3, 0.4) is 0 Å². The molecule has 0 aliphatic carbocycles. The fourth-order valence-corrected chi connectivity index (χ4v) is 1.34. The highest BCUT2D eigenvalue weighted by Gasteiger charge is 2.00. The van der Waals surface area contributed by atoms with Crippen molar-refractivity contribution in [2.24, 2.45) is 5.73 Å². The largest absolute Gasteiger partial charge is 0.508 e. The summed E-state index contributed by atoms with van der Waals surface area (Å²) in [6, 6.07) is 5.68. The van der Waals surface area contributed by atoms with Crippen LogP contribution in [0.5, 0.6) is 5.75 Å². The number of rotatable bonds is 4. The lowest BCUT2D eigenvalue weighted by Crippen LogP contribution is -1.98. The van der Waals surface area contributed by atoms with Crippen LogP contribution in [-0.2, 0) is 13.0 Å². The van der Waals surface area contributed by atoms with Crippen LogP contribution in [0.4, 0.5) is 0 Å². The van der Waals surface area contributed by atoms with E-state index in [2.05, 4.69) is 6.92 Å². The highest BCUT2D eigenvalue weighted by Crippen LogP contribution is 2.18. The topological polar surface area (TPSA) is 46.2 Å². The van der Waals surface area contributed by atoms with Crippen LogP contribution >= 0.6 is 12.4 Å². The lowest BCUT2D eigenvalue weighted by molar-refractivity contribution is 0.468. The van der Waals surface area contributed by atoms with Crippen LogP contribution in [0.25, 0.3) is 0 Å². The molecule has 14 heavy (non-hydrogen) atoms. The Morgan fingerprint density at radius 3 is 2.64 bits per heavy atom. The molecule has 0 bridgehead atoms. The Balaban J connectivity index is 0.00000169. The summed E-state index contributed by atoms with van der Waals surface area (Å²) in [5, 5.41) is 9.38. The van der Waals surface area contributed by atoms with Crippen molar-refractivity contribution in [3.63, 3.8) is 0 Å². The standard InChI is InChI=1S/C11H17NO.ClH/c1-2-3-4-9-5-6-11(13)10(7-9)8-12;/h5-7,13H,2-4,8,12H2,1H3;1H. The van der Waals surface area contributed by atoms with Crippen molar-refractivity contribution in [2.45, 2.75) is 32.7 Å². The monoisotopic (exact) mass is 215 g/mol. The molecule has 0 aliphatic heterocycles.